The van der Waals surface area contributed by atoms with Crippen LogP contribution in [0.25, 0.3) is 0 Å². The second kappa shape index (κ2) is 7.98. The van der Waals surface area contributed by atoms with Crippen LogP contribution in [0.4, 0.5) is 0 Å². The molecule has 1 atom stereocenters. The number of hydrogen-bond acceptors (Lipinski definition) is 4. The van der Waals surface area contributed by atoms with E-state index in [4.69, 9.17) is 9.47 Å². The standard InChI is InChI=1S/C18H19NO4/c1-13(19-17(20)15-8-4-3-5-9-15)18(21)23-12-14-7-6-10-16(11-14)22-2/h3-11,13H,12H2,1-2H3,(H,19,20). The number of carbonyl (C=O) groups is 2. The Morgan fingerprint density at radius 3 is 2.52 bits per heavy atom. The van der Waals surface area contributed by atoms with Crippen LogP contribution in [0.15, 0.2) is 54.6 Å². The first-order chi connectivity index (χ1) is 11.1. The van der Waals surface area contributed by atoms with Crippen molar-refractivity contribution in [2.45, 2.75) is 19.6 Å². The number of nitrogens with one attached hydrogen (secondary N) is 1. The molecular weight excluding hydrogens is 294 g/mol. The molecule has 0 aromatic heterocycles. The maximum absolute atomic E-state index is 12.0. The Hall–Kier alpha value is -2.82. The Labute approximate surface area is 135 Å². The lowest BCUT2D eigenvalue weighted by molar-refractivity contribution is -0.146. The van der Waals surface area contributed by atoms with Gasteiger partial charge in [0.25, 0.3) is 5.91 Å². The summed E-state index contributed by atoms with van der Waals surface area (Å²) in [6, 6.07) is 15.3. The highest BCUT2D eigenvalue weighted by molar-refractivity contribution is 5.96. The summed E-state index contributed by atoms with van der Waals surface area (Å²) in [5, 5.41) is 2.62. The van der Waals surface area contributed by atoms with E-state index in [-0.39, 0.29) is 12.5 Å². The minimum atomic E-state index is -0.728. The van der Waals surface area contributed by atoms with Gasteiger partial charge in [0.15, 0.2) is 0 Å². The number of amides is 1. The van der Waals surface area contributed by atoms with Crippen molar-refractivity contribution >= 4 is 11.9 Å². The molecule has 2 rings (SSSR count). The maximum atomic E-state index is 12.0. The van der Waals surface area contributed by atoms with E-state index in [2.05, 4.69) is 5.32 Å². The summed E-state index contributed by atoms with van der Waals surface area (Å²) in [6.45, 7) is 1.72. The summed E-state index contributed by atoms with van der Waals surface area (Å²) >= 11 is 0. The van der Waals surface area contributed by atoms with Crippen molar-refractivity contribution in [3.05, 3.63) is 65.7 Å². The SMILES string of the molecule is COc1cccc(COC(=O)C(C)NC(=O)c2ccccc2)c1. The Balaban J connectivity index is 1.86. The van der Waals surface area contributed by atoms with Gasteiger partial charge in [0, 0.05) is 5.56 Å². The van der Waals surface area contributed by atoms with Gasteiger partial charge in [-0.25, -0.2) is 4.79 Å². The van der Waals surface area contributed by atoms with Crippen molar-refractivity contribution in [3.63, 3.8) is 0 Å². The molecule has 0 spiro atoms. The molecule has 5 nitrogen and oxygen atoms in total. The first-order valence-corrected chi connectivity index (χ1v) is 7.25. The number of methoxy groups -OCH3 is 1. The molecule has 0 heterocycles. The number of benzene rings is 2. The van der Waals surface area contributed by atoms with Crippen LogP contribution in [0, 0.1) is 0 Å². The molecular formula is C18H19NO4. The van der Waals surface area contributed by atoms with E-state index in [1.165, 1.54) is 0 Å². The molecule has 120 valence electrons. The van der Waals surface area contributed by atoms with Crippen molar-refractivity contribution in [1.29, 1.82) is 0 Å². The van der Waals surface area contributed by atoms with E-state index in [0.717, 1.165) is 5.56 Å². The minimum Gasteiger partial charge on any atom is -0.497 e. The average Bonchev–Trinajstić information content (AvgIpc) is 2.60. The number of esters is 1. The predicted molar refractivity (Wildman–Crippen MR) is 86.2 cm³/mol. The summed E-state index contributed by atoms with van der Waals surface area (Å²) in [7, 11) is 1.58. The fourth-order valence-electron chi connectivity index (χ4n) is 1.97. The molecule has 0 bridgehead atoms. The van der Waals surface area contributed by atoms with Crippen molar-refractivity contribution in [2.75, 3.05) is 7.11 Å². The topological polar surface area (TPSA) is 64.6 Å². The lowest BCUT2D eigenvalue weighted by atomic mass is 10.2. The molecule has 1 N–H and O–H groups in total. The molecule has 0 aliphatic rings. The van der Waals surface area contributed by atoms with Crippen LogP contribution in [0.3, 0.4) is 0 Å². The predicted octanol–water partition coefficient (Wildman–Crippen LogP) is 2.56. The first-order valence-electron chi connectivity index (χ1n) is 7.25. The van der Waals surface area contributed by atoms with Gasteiger partial charge in [-0.3, -0.25) is 4.79 Å². The number of carbonyl (C=O) groups excluding carboxylic acids is 2. The highest BCUT2D eigenvalue weighted by Crippen LogP contribution is 2.13. The van der Waals surface area contributed by atoms with Crippen molar-refractivity contribution < 1.29 is 19.1 Å². The molecule has 0 radical (unpaired) electrons. The largest absolute Gasteiger partial charge is 0.497 e. The van der Waals surface area contributed by atoms with Gasteiger partial charge in [-0.2, -0.15) is 0 Å². The van der Waals surface area contributed by atoms with Gasteiger partial charge in [0.2, 0.25) is 0 Å². The monoisotopic (exact) mass is 313 g/mol. The van der Waals surface area contributed by atoms with Crippen molar-refractivity contribution in [1.82, 2.24) is 5.32 Å². The zero-order valence-electron chi connectivity index (χ0n) is 13.1. The first kappa shape index (κ1) is 16.5. The van der Waals surface area contributed by atoms with E-state index in [0.29, 0.717) is 11.3 Å². The van der Waals surface area contributed by atoms with E-state index in [1.54, 1.807) is 44.4 Å². The van der Waals surface area contributed by atoms with Crippen molar-refractivity contribution in [2.24, 2.45) is 0 Å². The third kappa shape index (κ3) is 4.85. The fourth-order valence-corrected chi connectivity index (χ4v) is 1.97. The van der Waals surface area contributed by atoms with Gasteiger partial charge in [-0.05, 0) is 36.8 Å². The van der Waals surface area contributed by atoms with Gasteiger partial charge in [-0.15, -0.1) is 0 Å². The van der Waals surface area contributed by atoms with Gasteiger partial charge in [0.1, 0.15) is 18.4 Å². The summed E-state index contributed by atoms with van der Waals surface area (Å²) in [6.07, 6.45) is 0. The molecule has 2 aromatic rings. The molecule has 0 saturated heterocycles. The Morgan fingerprint density at radius 1 is 1.09 bits per heavy atom. The van der Waals surface area contributed by atoms with Gasteiger partial charge >= 0.3 is 5.97 Å². The highest BCUT2D eigenvalue weighted by Gasteiger charge is 2.17. The fraction of sp³-hybridized carbons (Fsp3) is 0.222. The molecule has 23 heavy (non-hydrogen) atoms. The summed E-state index contributed by atoms with van der Waals surface area (Å²) in [5.41, 5.74) is 1.32. The minimum absolute atomic E-state index is 0.127. The zero-order valence-corrected chi connectivity index (χ0v) is 13.1. The molecule has 2 aromatic carbocycles. The third-order valence-electron chi connectivity index (χ3n) is 3.25. The van der Waals surface area contributed by atoms with E-state index >= 15 is 0 Å². The van der Waals surface area contributed by atoms with Crippen LogP contribution in [0.5, 0.6) is 5.75 Å². The Morgan fingerprint density at radius 2 is 1.83 bits per heavy atom. The van der Waals surface area contributed by atoms with Gasteiger partial charge < -0.3 is 14.8 Å². The van der Waals surface area contributed by atoms with Gasteiger partial charge in [-0.1, -0.05) is 30.3 Å². The smallest absolute Gasteiger partial charge is 0.328 e. The van der Waals surface area contributed by atoms with Crippen LogP contribution in [0.1, 0.15) is 22.8 Å². The second-order valence-corrected chi connectivity index (χ2v) is 5.02. The molecule has 1 unspecified atom stereocenters. The number of hydrogen-bond donors (Lipinski definition) is 1. The highest BCUT2D eigenvalue weighted by atomic mass is 16.5. The number of ether oxygens (including phenoxy) is 2. The van der Waals surface area contributed by atoms with E-state index in [1.807, 2.05) is 24.3 Å². The lowest BCUT2D eigenvalue weighted by Crippen LogP contribution is -2.39. The van der Waals surface area contributed by atoms with E-state index < -0.39 is 12.0 Å². The lowest BCUT2D eigenvalue weighted by Gasteiger charge is -2.13. The second-order valence-electron chi connectivity index (χ2n) is 5.02. The van der Waals surface area contributed by atoms with Crippen LogP contribution < -0.4 is 10.1 Å². The molecule has 0 aliphatic heterocycles. The van der Waals surface area contributed by atoms with Gasteiger partial charge in [0.05, 0.1) is 7.11 Å². The quantitative estimate of drug-likeness (QED) is 0.833. The van der Waals surface area contributed by atoms with Crippen LogP contribution >= 0.6 is 0 Å². The van der Waals surface area contributed by atoms with Crippen LogP contribution in [-0.2, 0) is 16.1 Å². The molecule has 0 aliphatic carbocycles. The molecule has 5 heteroatoms. The van der Waals surface area contributed by atoms with Crippen LogP contribution in [0.2, 0.25) is 0 Å². The number of rotatable bonds is 6. The normalized spacial score (nSPS) is 11.4. The maximum Gasteiger partial charge on any atom is 0.328 e. The molecule has 0 fully saturated rings. The Kier molecular flexibility index (Phi) is 5.74. The molecule has 1 amide bonds. The average molecular weight is 313 g/mol. The molecule has 0 saturated carbocycles. The van der Waals surface area contributed by atoms with Crippen LogP contribution in [-0.4, -0.2) is 25.0 Å². The summed E-state index contributed by atoms with van der Waals surface area (Å²) in [5.74, 6) is -0.0995. The van der Waals surface area contributed by atoms with Crippen molar-refractivity contribution in [3.8, 4) is 5.75 Å². The summed E-state index contributed by atoms with van der Waals surface area (Å²) < 4.78 is 10.3. The van der Waals surface area contributed by atoms with E-state index in [9.17, 15) is 9.59 Å². The third-order valence-corrected chi connectivity index (χ3v) is 3.25. The summed E-state index contributed by atoms with van der Waals surface area (Å²) in [4.78, 5) is 24.0. The zero-order chi connectivity index (χ0) is 16.7. The Bertz CT molecular complexity index is 670.